The molecule has 0 amide bonds. The average Bonchev–Trinajstić information content (AvgIpc) is 2.39. The van der Waals surface area contributed by atoms with Crippen LogP contribution in [0.2, 0.25) is 0 Å². The summed E-state index contributed by atoms with van der Waals surface area (Å²) in [6.07, 6.45) is 7.99. The summed E-state index contributed by atoms with van der Waals surface area (Å²) in [6.45, 7) is 10.9. The lowest BCUT2D eigenvalue weighted by Gasteiger charge is -2.24. The molecule has 1 aliphatic rings. The van der Waals surface area contributed by atoms with E-state index in [1.807, 2.05) is 0 Å². The van der Waals surface area contributed by atoms with Crippen molar-refractivity contribution in [3.63, 3.8) is 0 Å². The Morgan fingerprint density at radius 3 is 2.42 bits per heavy atom. The van der Waals surface area contributed by atoms with Crippen LogP contribution in [0.15, 0.2) is 12.1 Å². The largest absolute Gasteiger partial charge is 0.496 e. The Labute approximate surface area is 118 Å². The van der Waals surface area contributed by atoms with Crippen LogP contribution >= 0.6 is 0 Å². The first kappa shape index (κ1) is 15.8. The first-order valence-electron chi connectivity index (χ1n) is 7.47. The summed E-state index contributed by atoms with van der Waals surface area (Å²) in [4.78, 5) is 0. The average molecular weight is 260 g/mol. The van der Waals surface area contributed by atoms with Crippen LogP contribution in [0.25, 0.3) is 6.08 Å². The summed E-state index contributed by atoms with van der Waals surface area (Å²) in [5.74, 6) is 1.67. The molecule has 0 aromatic heterocycles. The molecule has 1 aromatic carbocycles. The van der Waals surface area contributed by atoms with Crippen LogP contribution in [-0.2, 0) is 6.42 Å². The van der Waals surface area contributed by atoms with Gasteiger partial charge in [-0.2, -0.15) is 0 Å². The van der Waals surface area contributed by atoms with E-state index in [0.717, 1.165) is 18.6 Å². The van der Waals surface area contributed by atoms with Gasteiger partial charge in [-0.15, -0.1) is 0 Å². The van der Waals surface area contributed by atoms with Gasteiger partial charge in [0.2, 0.25) is 0 Å². The van der Waals surface area contributed by atoms with Gasteiger partial charge in [0.25, 0.3) is 0 Å². The van der Waals surface area contributed by atoms with Crippen molar-refractivity contribution in [2.24, 2.45) is 0 Å². The van der Waals surface area contributed by atoms with E-state index in [4.69, 9.17) is 4.74 Å². The van der Waals surface area contributed by atoms with Gasteiger partial charge in [0.15, 0.2) is 0 Å². The number of hydrogen-bond acceptors (Lipinski definition) is 1. The Kier molecular flexibility index (Phi) is 6.14. The SMILES string of the molecule is CCC.CCc1c(OC)cc(C)c2c1C=CCC2C. The van der Waals surface area contributed by atoms with Crippen molar-refractivity contribution in [3.05, 3.63) is 34.4 Å². The summed E-state index contributed by atoms with van der Waals surface area (Å²) < 4.78 is 5.48. The number of hydrogen-bond donors (Lipinski definition) is 0. The predicted molar refractivity (Wildman–Crippen MR) is 85.1 cm³/mol. The fraction of sp³-hybridized carbons (Fsp3) is 0.556. The molecule has 1 heteroatoms. The van der Waals surface area contributed by atoms with E-state index < -0.39 is 0 Å². The van der Waals surface area contributed by atoms with Crippen LogP contribution < -0.4 is 4.74 Å². The minimum absolute atomic E-state index is 0.635. The molecule has 0 saturated carbocycles. The van der Waals surface area contributed by atoms with Crippen molar-refractivity contribution in [2.45, 2.75) is 59.8 Å². The number of allylic oxidation sites excluding steroid dienone is 1. The minimum atomic E-state index is 0.635. The first-order chi connectivity index (χ1) is 9.10. The molecule has 1 atom stereocenters. The van der Waals surface area contributed by atoms with Gasteiger partial charge < -0.3 is 4.74 Å². The predicted octanol–water partition coefficient (Wildman–Crippen LogP) is 5.50. The highest BCUT2D eigenvalue weighted by atomic mass is 16.5. The Morgan fingerprint density at radius 1 is 1.26 bits per heavy atom. The second-order valence-corrected chi connectivity index (χ2v) is 5.30. The Balaban J connectivity index is 0.000000550. The summed E-state index contributed by atoms with van der Waals surface area (Å²) in [5, 5.41) is 0. The van der Waals surface area contributed by atoms with Gasteiger partial charge >= 0.3 is 0 Å². The quantitative estimate of drug-likeness (QED) is 0.682. The Hall–Kier alpha value is -1.24. The molecule has 0 heterocycles. The van der Waals surface area contributed by atoms with Crippen molar-refractivity contribution in [3.8, 4) is 5.75 Å². The van der Waals surface area contributed by atoms with E-state index in [1.54, 1.807) is 7.11 Å². The lowest BCUT2D eigenvalue weighted by Crippen LogP contribution is -2.07. The standard InChI is InChI=1S/C15H20O.C3H8/c1-5-12-13-8-6-7-10(2)15(13)11(3)9-14(12)16-4;1-3-2/h6,8-10H,5,7H2,1-4H3;3H2,1-2H3. The number of fused-ring (bicyclic) bond motifs is 1. The number of benzene rings is 1. The highest BCUT2D eigenvalue weighted by Gasteiger charge is 2.20. The molecule has 0 bridgehead atoms. The molecule has 1 aliphatic carbocycles. The minimum Gasteiger partial charge on any atom is -0.496 e. The normalized spacial score (nSPS) is 16.4. The van der Waals surface area contributed by atoms with Crippen molar-refractivity contribution in [1.29, 1.82) is 0 Å². The second-order valence-electron chi connectivity index (χ2n) is 5.30. The molecule has 106 valence electrons. The van der Waals surface area contributed by atoms with Gasteiger partial charge in [0.05, 0.1) is 7.11 Å². The molecule has 19 heavy (non-hydrogen) atoms. The Morgan fingerprint density at radius 2 is 1.89 bits per heavy atom. The molecule has 0 aliphatic heterocycles. The third kappa shape index (κ3) is 3.40. The third-order valence-electron chi connectivity index (χ3n) is 3.53. The van der Waals surface area contributed by atoms with Crippen molar-refractivity contribution >= 4 is 6.08 Å². The van der Waals surface area contributed by atoms with Crippen LogP contribution in [0, 0.1) is 6.92 Å². The molecule has 0 saturated heterocycles. The molecule has 1 aromatic rings. The zero-order valence-corrected chi connectivity index (χ0v) is 13.3. The van der Waals surface area contributed by atoms with Gasteiger partial charge in [0.1, 0.15) is 5.75 Å². The summed E-state index contributed by atoms with van der Waals surface area (Å²) >= 11 is 0. The summed E-state index contributed by atoms with van der Waals surface area (Å²) in [6, 6.07) is 2.19. The van der Waals surface area contributed by atoms with Crippen LogP contribution in [0.1, 0.15) is 68.7 Å². The van der Waals surface area contributed by atoms with Gasteiger partial charge in [-0.1, -0.05) is 46.3 Å². The highest BCUT2D eigenvalue weighted by molar-refractivity contribution is 5.66. The molecule has 1 unspecified atom stereocenters. The van der Waals surface area contributed by atoms with Gasteiger partial charge in [-0.3, -0.25) is 0 Å². The first-order valence-corrected chi connectivity index (χ1v) is 7.47. The molecular formula is C18H28O. The second kappa shape index (κ2) is 7.37. The van der Waals surface area contributed by atoms with E-state index in [1.165, 1.54) is 28.7 Å². The van der Waals surface area contributed by atoms with Gasteiger partial charge in [-0.25, -0.2) is 0 Å². The summed E-state index contributed by atoms with van der Waals surface area (Å²) in [7, 11) is 1.76. The van der Waals surface area contributed by atoms with Crippen molar-refractivity contribution in [2.75, 3.05) is 7.11 Å². The molecular weight excluding hydrogens is 232 g/mol. The number of aryl methyl sites for hydroxylation is 1. The number of rotatable bonds is 2. The smallest absolute Gasteiger partial charge is 0.122 e. The maximum absolute atomic E-state index is 5.48. The van der Waals surface area contributed by atoms with Crippen LogP contribution in [0.3, 0.4) is 0 Å². The van der Waals surface area contributed by atoms with Crippen molar-refractivity contribution in [1.82, 2.24) is 0 Å². The van der Waals surface area contributed by atoms with Crippen LogP contribution in [-0.4, -0.2) is 7.11 Å². The van der Waals surface area contributed by atoms with Gasteiger partial charge in [0, 0.05) is 5.56 Å². The zero-order chi connectivity index (χ0) is 14.4. The molecule has 0 spiro atoms. The topological polar surface area (TPSA) is 9.23 Å². The van der Waals surface area contributed by atoms with Crippen LogP contribution in [0.5, 0.6) is 5.75 Å². The molecule has 0 N–H and O–H groups in total. The summed E-state index contributed by atoms with van der Waals surface area (Å²) in [5.41, 5.74) is 5.63. The van der Waals surface area contributed by atoms with E-state index in [-0.39, 0.29) is 0 Å². The van der Waals surface area contributed by atoms with E-state index in [0.29, 0.717) is 5.92 Å². The third-order valence-corrected chi connectivity index (χ3v) is 3.53. The highest BCUT2D eigenvalue weighted by Crippen LogP contribution is 2.38. The Bertz CT molecular complexity index is 443. The van der Waals surface area contributed by atoms with Crippen LogP contribution in [0.4, 0.5) is 0 Å². The van der Waals surface area contributed by atoms with E-state index in [9.17, 15) is 0 Å². The molecule has 1 nitrogen and oxygen atoms in total. The molecule has 2 rings (SSSR count). The van der Waals surface area contributed by atoms with E-state index >= 15 is 0 Å². The zero-order valence-electron chi connectivity index (χ0n) is 13.3. The van der Waals surface area contributed by atoms with Crippen molar-refractivity contribution < 1.29 is 4.74 Å². The number of methoxy groups -OCH3 is 1. The number of ether oxygens (including phenoxy) is 1. The van der Waals surface area contributed by atoms with Gasteiger partial charge in [-0.05, 0) is 48.4 Å². The fourth-order valence-electron chi connectivity index (χ4n) is 2.77. The van der Waals surface area contributed by atoms with E-state index in [2.05, 4.69) is 52.8 Å². The molecule has 0 fully saturated rings. The maximum Gasteiger partial charge on any atom is 0.122 e. The fourth-order valence-corrected chi connectivity index (χ4v) is 2.77. The maximum atomic E-state index is 5.48. The molecule has 0 radical (unpaired) electrons. The lowest BCUT2D eigenvalue weighted by molar-refractivity contribution is 0.409. The monoisotopic (exact) mass is 260 g/mol. The lowest BCUT2D eigenvalue weighted by atomic mass is 9.82.